The molecule has 1 unspecified atom stereocenters. The Morgan fingerprint density at radius 3 is 2.48 bits per heavy atom. The Kier molecular flexibility index (Phi) is 6.47. The van der Waals surface area contributed by atoms with Crippen LogP contribution in [0.1, 0.15) is 29.9 Å². The summed E-state index contributed by atoms with van der Waals surface area (Å²) in [6.07, 6.45) is -0.350. The third kappa shape index (κ3) is 5.13. The van der Waals surface area contributed by atoms with Crippen LogP contribution in [0.4, 0.5) is 17.6 Å². The molecule has 3 aromatic rings. The molecule has 0 aliphatic rings. The molecule has 0 radical (unpaired) electrons. The number of halogens is 4. The fourth-order valence-electron chi connectivity index (χ4n) is 2.83. The SMILES string of the molecule is CCN(C(=O)c1ccc(F)cc1-n1nccn1)C(C)COc1cnc(C(F)(F)F)cn1. The third-order valence-corrected chi connectivity index (χ3v) is 4.35. The number of nitrogens with zero attached hydrogens (tertiary/aromatic N) is 6. The lowest BCUT2D eigenvalue weighted by molar-refractivity contribution is -0.141. The molecule has 31 heavy (non-hydrogen) atoms. The lowest BCUT2D eigenvalue weighted by Gasteiger charge is -2.28. The number of likely N-dealkylation sites (N-methyl/N-ethyl adjacent to an activating group) is 1. The molecule has 8 nitrogen and oxygen atoms in total. The minimum absolute atomic E-state index is 0.0455. The molecular formula is C19H18F4N6O2. The van der Waals surface area contributed by atoms with E-state index >= 15 is 0 Å². The van der Waals surface area contributed by atoms with Crippen LogP contribution in [0.25, 0.3) is 5.69 Å². The lowest BCUT2D eigenvalue weighted by Crippen LogP contribution is -2.42. The zero-order valence-electron chi connectivity index (χ0n) is 16.5. The maximum Gasteiger partial charge on any atom is 0.434 e. The Morgan fingerprint density at radius 1 is 1.19 bits per heavy atom. The molecule has 2 heterocycles. The summed E-state index contributed by atoms with van der Waals surface area (Å²) in [7, 11) is 0. The van der Waals surface area contributed by atoms with Gasteiger partial charge in [-0.25, -0.2) is 14.4 Å². The maximum atomic E-state index is 13.8. The van der Waals surface area contributed by atoms with Crippen molar-refractivity contribution in [3.8, 4) is 11.6 Å². The number of alkyl halides is 3. The van der Waals surface area contributed by atoms with Crippen LogP contribution in [-0.2, 0) is 6.18 Å². The molecule has 0 spiro atoms. The van der Waals surface area contributed by atoms with E-state index in [9.17, 15) is 22.4 Å². The number of amides is 1. The zero-order valence-corrected chi connectivity index (χ0v) is 16.5. The minimum atomic E-state index is -4.60. The second-order valence-electron chi connectivity index (χ2n) is 6.47. The summed E-state index contributed by atoms with van der Waals surface area (Å²) in [5.74, 6) is -1.07. The summed E-state index contributed by atoms with van der Waals surface area (Å²) in [4.78, 5) is 22.6. The van der Waals surface area contributed by atoms with Crippen LogP contribution in [0.3, 0.4) is 0 Å². The summed E-state index contributed by atoms with van der Waals surface area (Å²) in [6, 6.07) is 3.17. The van der Waals surface area contributed by atoms with Crippen LogP contribution in [0.2, 0.25) is 0 Å². The number of benzene rings is 1. The molecule has 1 atom stereocenters. The Labute approximate surface area is 174 Å². The number of hydrogen-bond acceptors (Lipinski definition) is 6. The van der Waals surface area contributed by atoms with Crippen molar-refractivity contribution >= 4 is 5.91 Å². The van der Waals surface area contributed by atoms with Crippen molar-refractivity contribution < 1.29 is 27.1 Å². The highest BCUT2D eigenvalue weighted by Crippen LogP contribution is 2.27. The Bertz CT molecular complexity index is 1020. The van der Waals surface area contributed by atoms with E-state index in [1.807, 2.05) is 0 Å². The highest BCUT2D eigenvalue weighted by molar-refractivity contribution is 5.97. The molecule has 12 heteroatoms. The monoisotopic (exact) mass is 438 g/mol. The highest BCUT2D eigenvalue weighted by Gasteiger charge is 2.33. The molecule has 0 N–H and O–H groups in total. The summed E-state index contributed by atoms with van der Waals surface area (Å²) >= 11 is 0. The zero-order chi connectivity index (χ0) is 22.6. The number of hydrogen-bond donors (Lipinski definition) is 0. The first-order valence-electron chi connectivity index (χ1n) is 9.20. The smallest absolute Gasteiger partial charge is 0.434 e. The molecule has 0 fully saturated rings. The lowest BCUT2D eigenvalue weighted by atomic mass is 10.1. The normalized spacial score (nSPS) is 12.5. The number of carbonyl (C=O) groups excluding carboxylic acids is 1. The van der Waals surface area contributed by atoms with Gasteiger partial charge in [-0.2, -0.15) is 28.2 Å². The third-order valence-electron chi connectivity index (χ3n) is 4.35. The van der Waals surface area contributed by atoms with Gasteiger partial charge in [-0.1, -0.05) is 0 Å². The number of ether oxygens (including phenoxy) is 1. The van der Waals surface area contributed by atoms with Gasteiger partial charge in [0.1, 0.15) is 18.1 Å². The van der Waals surface area contributed by atoms with Crippen molar-refractivity contribution in [2.45, 2.75) is 26.1 Å². The van der Waals surface area contributed by atoms with Crippen LogP contribution in [-0.4, -0.2) is 55.0 Å². The number of rotatable bonds is 7. The second-order valence-corrected chi connectivity index (χ2v) is 6.47. The van der Waals surface area contributed by atoms with E-state index in [-0.39, 0.29) is 23.7 Å². The largest absolute Gasteiger partial charge is 0.474 e. The molecule has 3 rings (SSSR count). The molecular weight excluding hydrogens is 420 g/mol. The van der Waals surface area contributed by atoms with Crippen LogP contribution < -0.4 is 4.74 Å². The van der Waals surface area contributed by atoms with E-state index in [1.54, 1.807) is 13.8 Å². The van der Waals surface area contributed by atoms with E-state index in [0.29, 0.717) is 12.7 Å². The first-order valence-corrected chi connectivity index (χ1v) is 9.20. The van der Waals surface area contributed by atoms with E-state index in [4.69, 9.17) is 4.74 Å². The predicted molar refractivity (Wildman–Crippen MR) is 100 cm³/mol. The highest BCUT2D eigenvalue weighted by atomic mass is 19.4. The van der Waals surface area contributed by atoms with E-state index < -0.39 is 29.6 Å². The second kappa shape index (κ2) is 9.06. The Hall–Kier alpha value is -3.57. The van der Waals surface area contributed by atoms with Crippen molar-refractivity contribution in [1.29, 1.82) is 0 Å². The van der Waals surface area contributed by atoms with Gasteiger partial charge in [0, 0.05) is 12.6 Å². The minimum Gasteiger partial charge on any atom is -0.474 e. The molecule has 1 aromatic carbocycles. The van der Waals surface area contributed by atoms with Crippen LogP contribution in [0, 0.1) is 5.82 Å². The standard InChI is InChI=1S/C19H18F4N6O2/c1-3-28(12(2)11-31-17-10-24-16(9-25-17)19(21,22)23)18(30)14-5-4-13(20)8-15(14)29-26-6-7-27-29/h4-10,12H,3,11H2,1-2H3. The molecule has 2 aromatic heterocycles. The molecule has 0 aliphatic heterocycles. The van der Waals surface area contributed by atoms with Crippen molar-refractivity contribution in [1.82, 2.24) is 29.9 Å². The van der Waals surface area contributed by atoms with Gasteiger partial charge in [0.25, 0.3) is 5.91 Å². The predicted octanol–water partition coefficient (Wildman–Crippen LogP) is 3.14. The summed E-state index contributed by atoms with van der Waals surface area (Å²) < 4.78 is 56.9. The van der Waals surface area contributed by atoms with Crippen LogP contribution >= 0.6 is 0 Å². The molecule has 0 saturated carbocycles. The van der Waals surface area contributed by atoms with Gasteiger partial charge in [0.2, 0.25) is 5.88 Å². The Morgan fingerprint density at radius 2 is 1.90 bits per heavy atom. The van der Waals surface area contributed by atoms with Gasteiger partial charge in [-0.15, -0.1) is 0 Å². The van der Waals surface area contributed by atoms with Gasteiger partial charge in [0.05, 0.1) is 36.4 Å². The molecule has 1 amide bonds. The van der Waals surface area contributed by atoms with Gasteiger partial charge in [-0.05, 0) is 26.0 Å². The van der Waals surface area contributed by atoms with Crippen molar-refractivity contribution in [3.63, 3.8) is 0 Å². The van der Waals surface area contributed by atoms with Gasteiger partial charge in [0.15, 0.2) is 5.69 Å². The van der Waals surface area contributed by atoms with Gasteiger partial charge in [-0.3, -0.25) is 4.79 Å². The van der Waals surface area contributed by atoms with Crippen LogP contribution in [0.5, 0.6) is 5.88 Å². The molecule has 0 aliphatic carbocycles. The summed E-state index contributed by atoms with van der Waals surface area (Å²) in [5, 5.41) is 7.90. The average Bonchev–Trinajstić information content (AvgIpc) is 3.27. The molecule has 0 saturated heterocycles. The van der Waals surface area contributed by atoms with Gasteiger partial charge < -0.3 is 9.64 Å². The molecule has 164 valence electrons. The molecule has 0 bridgehead atoms. The van der Waals surface area contributed by atoms with Crippen LogP contribution in [0.15, 0.2) is 43.0 Å². The van der Waals surface area contributed by atoms with E-state index in [1.165, 1.54) is 23.4 Å². The first-order chi connectivity index (χ1) is 14.7. The van der Waals surface area contributed by atoms with E-state index in [2.05, 4.69) is 20.2 Å². The van der Waals surface area contributed by atoms with Gasteiger partial charge >= 0.3 is 6.18 Å². The van der Waals surface area contributed by atoms with Crippen molar-refractivity contribution in [2.75, 3.05) is 13.2 Å². The number of aromatic nitrogens is 5. The summed E-state index contributed by atoms with van der Waals surface area (Å²) in [6.45, 7) is 3.71. The number of carbonyl (C=O) groups is 1. The quantitative estimate of drug-likeness (QED) is 0.527. The topological polar surface area (TPSA) is 86.0 Å². The van der Waals surface area contributed by atoms with Crippen molar-refractivity contribution in [2.24, 2.45) is 0 Å². The fraction of sp³-hybridized carbons (Fsp3) is 0.316. The summed E-state index contributed by atoms with van der Waals surface area (Å²) in [5.41, 5.74) is -0.773. The van der Waals surface area contributed by atoms with E-state index in [0.717, 1.165) is 23.1 Å². The Balaban J connectivity index is 1.74. The fourth-order valence-corrected chi connectivity index (χ4v) is 2.83. The average molecular weight is 438 g/mol. The first kappa shape index (κ1) is 22.1. The van der Waals surface area contributed by atoms with Crippen molar-refractivity contribution in [3.05, 3.63) is 60.1 Å². The maximum absolute atomic E-state index is 13.8.